The van der Waals surface area contributed by atoms with Gasteiger partial charge >= 0.3 is 0 Å². The van der Waals surface area contributed by atoms with Crippen LogP contribution in [0.2, 0.25) is 0 Å². The Morgan fingerprint density at radius 1 is 1.16 bits per heavy atom. The van der Waals surface area contributed by atoms with Gasteiger partial charge in [-0.05, 0) is 58.2 Å². The van der Waals surface area contributed by atoms with E-state index in [1.54, 1.807) is 0 Å². The standard InChI is InChI=1S/C17H28N2/c1-15-14-19(16(2)11-12-18-15)13-7-6-10-17-8-4-3-5-9-17/h3-5,8-9,15-16,18H,6-7,10-14H2,1-2H3. The van der Waals surface area contributed by atoms with E-state index in [1.165, 1.54) is 50.9 Å². The SMILES string of the molecule is CC1CN(CCCCc2ccccc2)C(C)CCN1. The van der Waals surface area contributed by atoms with Crippen molar-refractivity contribution in [2.24, 2.45) is 0 Å². The fourth-order valence-electron chi connectivity index (χ4n) is 2.92. The van der Waals surface area contributed by atoms with Crippen molar-refractivity contribution in [1.82, 2.24) is 10.2 Å². The van der Waals surface area contributed by atoms with Crippen LogP contribution in [0.4, 0.5) is 0 Å². The van der Waals surface area contributed by atoms with Gasteiger partial charge in [-0.2, -0.15) is 0 Å². The predicted octanol–water partition coefficient (Wildman–Crippen LogP) is 3.08. The Bertz CT molecular complexity index is 350. The van der Waals surface area contributed by atoms with E-state index in [0.29, 0.717) is 6.04 Å². The fourth-order valence-corrected chi connectivity index (χ4v) is 2.92. The summed E-state index contributed by atoms with van der Waals surface area (Å²) in [4.78, 5) is 2.66. The molecule has 2 unspecified atom stereocenters. The van der Waals surface area contributed by atoms with Gasteiger partial charge in [0.25, 0.3) is 0 Å². The van der Waals surface area contributed by atoms with Gasteiger partial charge in [0.1, 0.15) is 0 Å². The van der Waals surface area contributed by atoms with Crippen LogP contribution in [0.1, 0.15) is 38.7 Å². The molecule has 1 N–H and O–H groups in total. The van der Waals surface area contributed by atoms with Crippen LogP contribution in [-0.2, 0) is 6.42 Å². The molecule has 0 bridgehead atoms. The maximum atomic E-state index is 3.58. The summed E-state index contributed by atoms with van der Waals surface area (Å²) in [6, 6.07) is 12.2. The summed E-state index contributed by atoms with van der Waals surface area (Å²) in [7, 11) is 0. The van der Waals surface area contributed by atoms with Gasteiger partial charge in [-0.25, -0.2) is 0 Å². The van der Waals surface area contributed by atoms with Gasteiger partial charge in [-0.1, -0.05) is 30.3 Å². The summed E-state index contributed by atoms with van der Waals surface area (Å²) in [6.45, 7) is 8.29. The molecule has 0 aromatic heterocycles. The third-order valence-electron chi connectivity index (χ3n) is 4.19. The molecule has 1 aliphatic rings. The average Bonchev–Trinajstić information content (AvgIpc) is 2.58. The Morgan fingerprint density at radius 2 is 1.95 bits per heavy atom. The molecule has 106 valence electrons. The first-order valence-electron chi connectivity index (χ1n) is 7.77. The molecule has 2 atom stereocenters. The number of nitrogens with zero attached hydrogens (tertiary/aromatic N) is 1. The van der Waals surface area contributed by atoms with Crippen molar-refractivity contribution in [2.75, 3.05) is 19.6 Å². The highest BCUT2D eigenvalue weighted by molar-refractivity contribution is 5.14. The smallest absolute Gasteiger partial charge is 0.0166 e. The molecule has 1 fully saturated rings. The van der Waals surface area contributed by atoms with Crippen molar-refractivity contribution < 1.29 is 0 Å². The normalized spacial score (nSPS) is 25.2. The second-order valence-electron chi connectivity index (χ2n) is 5.93. The lowest BCUT2D eigenvalue weighted by atomic mass is 10.1. The number of hydrogen-bond acceptors (Lipinski definition) is 2. The Labute approximate surface area is 118 Å². The van der Waals surface area contributed by atoms with Crippen molar-refractivity contribution in [3.63, 3.8) is 0 Å². The van der Waals surface area contributed by atoms with Gasteiger partial charge < -0.3 is 5.32 Å². The Kier molecular flexibility index (Phi) is 5.87. The van der Waals surface area contributed by atoms with Gasteiger partial charge in [0.15, 0.2) is 0 Å². The van der Waals surface area contributed by atoms with E-state index in [2.05, 4.69) is 54.4 Å². The van der Waals surface area contributed by atoms with Crippen molar-refractivity contribution >= 4 is 0 Å². The Morgan fingerprint density at radius 3 is 2.74 bits per heavy atom. The third kappa shape index (κ3) is 4.96. The zero-order valence-electron chi connectivity index (χ0n) is 12.4. The summed E-state index contributed by atoms with van der Waals surface area (Å²) < 4.78 is 0. The van der Waals surface area contributed by atoms with Gasteiger partial charge in [-0.15, -0.1) is 0 Å². The lowest BCUT2D eigenvalue weighted by Crippen LogP contribution is -2.39. The minimum Gasteiger partial charge on any atom is -0.313 e. The molecule has 0 saturated carbocycles. The van der Waals surface area contributed by atoms with Crippen molar-refractivity contribution in [2.45, 2.75) is 51.6 Å². The molecule has 1 aromatic rings. The van der Waals surface area contributed by atoms with Crippen LogP contribution in [0.25, 0.3) is 0 Å². The largest absolute Gasteiger partial charge is 0.313 e. The Balaban J connectivity index is 1.69. The van der Waals surface area contributed by atoms with Crippen molar-refractivity contribution in [1.29, 1.82) is 0 Å². The molecular formula is C17H28N2. The lowest BCUT2D eigenvalue weighted by Gasteiger charge is -2.28. The highest BCUT2D eigenvalue weighted by Crippen LogP contribution is 2.11. The van der Waals surface area contributed by atoms with Crippen LogP contribution in [0.15, 0.2) is 30.3 Å². The van der Waals surface area contributed by atoms with E-state index in [4.69, 9.17) is 0 Å². The highest BCUT2D eigenvalue weighted by Gasteiger charge is 2.19. The zero-order valence-corrected chi connectivity index (χ0v) is 12.4. The zero-order chi connectivity index (χ0) is 13.5. The Hall–Kier alpha value is -0.860. The van der Waals surface area contributed by atoms with Crippen molar-refractivity contribution in [3.8, 4) is 0 Å². The van der Waals surface area contributed by atoms with E-state index < -0.39 is 0 Å². The maximum Gasteiger partial charge on any atom is 0.0166 e. The number of rotatable bonds is 5. The minimum absolute atomic E-state index is 0.638. The minimum atomic E-state index is 0.638. The second kappa shape index (κ2) is 7.66. The quantitative estimate of drug-likeness (QED) is 0.819. The van der Waals surface area contributed by atoms with Gasteiger partial charge in [-0.3, -0.25) is 4.90 Å². The summed E-state index contributed by atoms with van der Waals surface area (Å²) in [5, 5.41) is 3.58. The molecule has 2 rings (SSSR count). The van der Waals surface area contributed by atoms with E-state index >= 15 is 0 Å². The number of benzene rings is 1. The molecule has 19 heavy (non-hydrogen) atoms. The van der Waals surface area contributed by atoms with Crippen LogP contribution in [-0.4, -0.2) is 36.6 Å². The van der Waals surface area contributed by atoms with Gasteiger partial charge in [0, 0.05) is 18.6 Å². The van der Waals surface area contributed by atoms with Crippen LogP contribution in [0.3, 0.4) is 0 Å². The highest BCUT2D eigenvalue weighted by atomic mass is 15.2. The number of hydrogen-bond donors (Lipinski definition) is 1. The van der Waals surface area contributed by atoms with Crippen LogP contribution >= 0.6 is 0 Å². The summed E-state index contributed by atoms with van der Waals surface area (Å²) in [5.41, 5.74) is 1.47. The molecule has 2 nitrogen and oxygen atoms in total. The molecule has 1 saturated heterocycles. The summed E-state index contributed by atoms with van der Waals surface area (Å²) >= 11 is 0. The molecule has 1 aliphatic heterocycles. The molecule has 1 aromatic carbocycles. The van der Waals surface area contributed by atoms with E-state index in [-0.39, 0.29) is 0 Å². The molecule has 0 radical (unpaired) electrons. The number of nitrogens with one attached hydrogen (secondary N) is 1. The van der Waals surface area contributed by atoms with Gasteiger partial charge in [0.2, 0.25) is 0 Å². The van der Waals surface area contributed by atoms with E-state index in [9.17, 15) is 0 Å². The van der Waals surface area contributed by atoms with Crippen LogP contribution in [0.5, 0.6) is 0 Å². The van der Waals surface area contributed by atoms with Crippen LogP contribution in [0, 0.1) is 0 Å². The number of aryl methyl sites for hydroxylation is 1. The average molecular weight is 260 g/mol. The third-order valence-corrected chi connectivity index (χ3v) is 4.19. The fraction of sp³-hybridized carbons (Fsp3) is 0.647. The second-order valence-corrected chi connectivity index (χ2v) is 5.93. The topological polar surface area (TPSA) is 15.3 Å². The summed E-state index contributed by atoms with van der Waals surface area (Å²) in [6.07, 6.45) is 5.11. The molecule has 1 heterocycles. The van der Waals surface area contributed by atoms with E-state index in [0.717, 1.165) is 6.04 Å². The first-order chi connectivity index (χ1) is 9.25. The predicted molar refractivity (Wildman–Crippen MR) is 82.5 cm³/mol. The van der Waals surface area contributed by atoms with E-state index in [1.807, 2.05) is 0 Å². The first-order valence-corrected chi connectivity index (χ1v) is 7.77. The van der Waals surface area contributed by atoms with Gasteiger partial charge in [0.05, 0.1) is 0 Å². The molecule has 2 heteroatoms. The molecular weight excluding hydrogens is 232 g/mol. The summed E-state index contributed by atoms with van der Waals surface area (Å²) in [5.74, 6) is 0. The first kappa shape index (κ1) is 14.5. The van der Waals surface area contributed by atoms with Crippen LogP contribution < -0.4 is 5.32 Å². The van der Waals surface area contributed by atoms with Crippen molar-refractivity contribution in [3.05, 3.63) is 35.9 Å². The maximum absolute atomic E-state index is 3.58. The molecule has 0 aliphatic carbocycles. The molecule has 0 spiro atoms. The lowest BCUT2D eigenvalue weighted by molar-refractivity contribution is 0.203. The molecule has 0 amide bonds. The monoisotopic (exact) mass is 260 g/mol. The number of unbranched alkanes of at least 4 members (excludes halogenated alkanes) is 1.